The van der Waals surface area contributed by atoms with Crippen LogP contribution in [0.2, 0.25) is 0 Å². The Kier molecular flexibility index (Phi) is 19.9. The van der Waals surface area contributed by atoms with E-state index in [9.17, 15) is 9.59 Å². The van der Waals surface area contributed by atoms with Crippen molar-refractivity contribution in [2.45, 2.75) is 98.3 Å². The molecule has 1 N–H and O–H groups in total. The van der Waals surface area contributed by atoms with Crippen LogP contribution >= 0.6 is 0 Å². The fourth-order valence-corrected chi connectivity index (χ4v) is 2.18. The summed E-state index contributed by atoms with van der Waals surface area (Å²) in [5, 5.41) is 2.82. The number of hydrogen-bond donors (Lipinski definition) is 1. The van der Waals surface area contributed by atoms with Gasteiger partial charge in [-0.1, -0.05) is 56.9 Å². The third kappa shape index (κ3) is 33.6. The van der Waals surface area contributed by atoms with Gasteiger partial charge in [0.25, 0.3) is 0 Å². The molecule has 3 heteroatoms. The Labute approximate surface area is 145 Å². The van der Waals surface area contributed by atoms with Crippen molar-refractivity contribution >= 4 is 11.7 Å². The predicted molar refractivity (Wildman–Crippen MR) is 103 cm³/mol. The summed E-state index contributed by atoms with van der Waals surface area (Å²) in [6, 6.07) is 0. The molecule has 0 rings (SSSR count). The lowest BCUT2D eigenvalue weighted by molar-refractivity contribution is -0.119. The Morgan fingerprint density at radius 2 is 1.09 bits per heavy atom. The number of carbonyl (C=O) groups is 2. The van der Waals surface area contributed by atoms with Gasteiger partial charge in [-0.3, -0.25) is 4.79 Å². The lowest BCUT2D eigenvalue weighted by Crippen LogP contribution is -2.20. The van der Waals surface area contributed by atoms with E-state index >= 15 is 0 Å². The third-order valence-corrected chi connectivity index (χ3v) is 3.33. The van der Waals surface area contributed by atoms with Gasteiger partial charge in [-0.2, -0.15) is 0 Å². The lowest BCUT2D eigenvalue weighted by Gasteiger charge is -2.03. The Morgan fingerprint density at radius 3 is 1.43 bits per heavy atom. The maximum Gasteiger partial charge on any atom is 0.216 e. The van der Waals surface area contributed by atoms with Crippen LogP contribution in [0.1, 0.15) is 99.8 Å². The first-order valence-corrected chi connectivity index (χ1v) is 9.22. The van der Waals surface area contributed by atoms with Gasteiger partial charge in [-0.25, -0.2) is 0 Å². The minimum Gasteiger partial charge on any atom is -0.356 e. The molecule has 0 bridgehead atoms. The number of nitrogens with one attached hydrogen (secondary N) is 1. The molecule has 0 aromatic rings. The minimum atomic E-state index is 0. The molecule has 1 amide bonds. The average Bonchev–Trinajstić information content (AvgIpc) is 2.42. The summed E-state index contributed by atoms with van der Waals surface area (Å²) in [6.45, 7) is 11.6. The van der Waals surface area contributed by atoms with E-state index in [1.54, 1.807) is 13.8 Å². The van der Waals surface area contributed by atoms with Crippen molar-refractivity contribution in [2.75, 3.05) is 6.54 Å². The normalized spacial score (nSPS) is 9.74. The highest BCUT2D eigenvalue weighted by atomic mass is 16.1. The van der Waals surface area contributed by atoms with Gasteiger partial charge in [-0.05, 0) is 33.6 Å². The van der Waals surface area contributed by atoms with Crippen molar-refractivity contribution in [3.63, 3.8) is 0 Å². The van der Waals surface area contributed by atoms with E-state index in [-0.39, 0.29) is 7.33 Å². The van der Waals surface area contributed by atoms with Crippen LogP contribution in [0.15, 0.2) is 12.2 Å². The fourth-order valence-electron chi connectivity index (χ4n) is 2.18. The quantitative estimate of drug-likeness (QED) is 0.341. The van der Waals surface area contributed by atoms with Gasteiger partial charge < -0.3 is 10.1 Å². The fraction of sp³-hybridized carbons (Fsp3) is 0.800. The van der Waals surface area contributed by atoms with E-state index < -0.39 is 0 Å². The monoisotopic (exact) mass is 327 g/mol. The molecular formula is C20H41NO2. The number of carbonyl (C=O) groups excluding carboxylic acids is 2. The van der Waals surface area contributed by atoms with Crippen LogP contribution in [0.3, 0.4) is 0 Å². The molecule has 0 aliphatic heterocycles. The summed E-state index contributed by atoms with van der Waals surface area (Å²) in [5.41, 5.74) is 1.17. The molecule has 0 radical (unpaired) electrons. The van der Waals surface area contributed by atoms with Crippen LogP contribution in [0.4, 0.5) is 0 Å². The molecule has 3 nitrogen and oxygen atoms in total. The first-order chi connectivity index (χ1) is 10.9. The summed E-state index contributed by atoms with van der Waals surface area (Å²) in [4.78, 5) is 21.4. The van der Waals surface area contributed by atoms with Crippen molar-refractivity contribution in [3.8, 4) is 0 Å². The Balaban J connectivity index is -0.000000787. The number of allylic oxidation sites excluding steroid dienone is 1. The summed E-state index contributed by atoms with van der Waals surface area (Å²) < 4.78 is 0. The van der Waals surface area contributed by atoms with Gasteiger partial charge >= 0.3 is 0 Å². The summed E-state index contributed by atoms with van der Waals surface area (Å²) in [6.07, 6.45) is 13.2. The third-order valence-electron chi connectivity index (χ3n) is 3.33. The van der Waals surface area contributed by atoms with Crippen molar-refractivity contribution in [1.29, 1.82) is 0 Å². The van der Waals surface area contributed by atoms with E-state index in [1.165, 1.54) is 56.9 Å². The zero-order chi connectivity index (χ0) is 17.9. The SMILES string of the molecule is C=C(C)C.CC(=O)CCCCCCCCCCCCNC(C)=O.[HH]. The summed E-state index contributed by atoms with van der Waals surface area (Å²) in [5.74, 6) is 0.393. The molecule has 0 atom stereocenters. The maximum atomic E-state index is 10.7. The number of rotatable bonds is 13. The number of hydrogen-bond acceptors (Lipinski definition) is 2. The lowest BCUT2D eigenvalue weighted by atomic mass is 10.1. The van der Waals surface area contributed by atoms with E-state index in [0.717, 1.165) is 25.8 Å². The van der Waals surface area contributed by atoms with Gasteiger partial charge in [0.1, 0.15) is 5.78 Å². The van der Waals surface area contributed by atoms with Crippen LogP contribution in [-0.4, -0.2) is 18.2 Å². The zero-order valence-corrected chi connectivity index (χ0v) is 16.0. The van der Waals surface area contributed by atoms with Crippen molar-refractivity contribution in [2.24, 2.45) is 0 Å². The molecule has 0 aromatic heterocycles. The molecule has 0 heterocycles. The van der Waals surface area contributed by atoms with Crippen molar-refractivity contribution < 1.29 is 11.0 Å². The van der Waals surface area contributed by atoms with Crippen molar-refractivity contribution in [1.82, 2.24) is 5.32 Å². The summed E-state index contributed by atoms with van der Waals surface area (Å²) in [7, 11) is 0. The number of Topliss-reactive ketones (excluding diaryl/α,β-unsaturated/α-hetero) is 1. The van der Waals surface area contributed by atoms with E-state index in [2.05, 4.69) is 11.9 Å². The second-order valence-electron chi connectivity index (χ2n) is 6.68. The molecule has 23 heavy (non-hydrogen) atoms. The Bertz CT molecular complexity index is 289. The smallest absolute Gasteiger partial charge is 0.216 e. The Hall–Kier alpha value is -1.12. The second kappa shape index (κ2) is 18.9. The number of ketones is 1. The van der Waals surface area contributed by atoms with E-state index in [4.69, 9.17) is 0 Å². The maximum absolute atomic E-state index is 10.7. The van der Waals surface area contributed by atoms with Gasteiger partial charge in [0.2, 0.25) is 5.91 Å². The van der Waals surface area contributed by atoms with Gasteiger partial charge in [0, 0.05) is 21.3 Å². The molecule has 0 saturated heterocycles. The van der Waals surface area contributed by atoms with Crippen LogP contribution in [0, 0.1) is 0 Å². The van der Waals surface area contributed by atoms with Gasteiger partial charge in [0.05, 0.1) is 0 Å². The topological polar surface area (TPSA) is 46.2 Å². The zero-order valence-electron chi connectivity index (χ0n) is 16.0. The van der Waals surface area contributed by atoms with Crippen molar-refractivity contribution in [3.05, 3.63) is 12.2 Å². The van der Waals surface area contributed by atoms with Crippen LogP contribution in [0.25, 0.3) is 0 Å². The highest BCUT2D eigenvalue weighted by molar-refractivity contribution is 5.75. The average molecular weight is 328 g/mol. The molecule has 0 aliphatic carbocycles. The van der Waals surface area contributed by atoms with Crippen LogP contribution in [-0.2, 0) is 9.59 Å². The molecule has 0 saturated carbocycles. The number of amides is 1. The summed E-state index contributed by atoms with van der Waals surface area (Å²) >= 11 is 0. The van der Waals surface area contributed by atoms with Gasteiger partial charge in [0.15, 0.2) is 0 Å². The van der Waals surface area contributed by atoms with E-state index in [1.807, 2.05) is 13.8 Å². The van der Waals surface area contributed by atoms with Crippen LogP contribution in [0.5, 0.6) is 0 Å². The number of unbranched alkanes of at least 4 members (excludes halogenated alkanes) is 9. The molecule has 0 fully saturated rings. The molecule has 0 unspecified atom stereocenters. The first-order valence-electron chi connectivity index (χ1n) is 9.22. The molecule has 138 valence electrons. The standard InChI is InChI=1S/C16H31NO2.C4H8.H2/c1-15(18)13-11-9-7-5-3-4-6-8-10-12-14-17-16(2)19;1-4(2)3;/h3-14H2,1-2H3,(H,17,19);1H2,2-3H3;1H. The minimum absolute atomic E-state index is 0. The van der Waals surface area contributed by atoms with Gasteiger partial charge in [-0.15, -0.1) is 6.58 Å². The molecule has 0 aliphatic rings. The Morgan fingerprint density at radius 1 is 0.739 bits per heavy atom. The largest absolute Gasteiger partial charge is 0.356 e. The molecular weight excluding hydrogens is 286 g/mol. The van der Waals surface area contributed by atoms with E-state index in [0.29, 0.717) is 5.78 Å². The highest BCUT2D eigenvalue weighted by Crippen LogP contribution is 2.11. The first kappa shape index (κ1) is 24.1. The second-order valence-corrected chi connectivity index (χ2v) is 6.68. The molecule has 0 spiro atoms. The predicted octanol–water partition coefficient (Wildman–Crippen LogP) is 5.83. The highest BCUT2D eigenvalue weighted by Gasteiger charge is 1.95. The molecule has 0 aromatic carbocycles. The van der Waals surface area contributed by atoms with Crippen LogP contribution < -0.4 is 5.32 Å².